The van der Waals surface area contributed by atoms with Crippen molar-refractivity contribution < 1.29 is 0 Å². The van der Waals surface area contributed by atoms with Gasteiger partial charge < -0.3 is 9.55 Å². The Morgan fingerprint density at radius 1 is 1.24 bits per heavy atom. The van der Waals surface area contributed by atoms with Crippen molar-refractivity contribution in [2.45, 2.75) is 19.4 Å². The van der Waals surface area contributed by atoms with Crippen LogP contribution in [0.2, 0.25) is 0 Å². The minimum Gasteiger partial charge on any atom is -0.331 e. The lowest BCUT2D eigenvalue weighted by atomic mass is 10.0. The molecule has 21 heavy (non-hydrogen) atoms. The van der Waals surface area contributed by atoms with Gasteiger partial charge in [-0.15, -0.1) is 0 Å². The molecule has 1 heterocycles. The monoisotopic (exact) mass is 293 g/mol. The number of nitrogens with zero attached hydrogens (tertiary/aromatic N) is 2. The maximum absolute atomic E-state index is 9.06. The van der Waals surface area contributed by atoms with E-state index in [1.165, 1.54) is 5.56 Å². The number of hydrogen-bond acceptors (Lipinski definition) is 2. The number of fused-ring (bicyclic) bond motifs is 1. The molecular formula is C17H15N3S. The second kappa shape index (κ2) is 5.55. The highest BCUT2D eigenvalue weighted by atomic mass is 32.1. The van der Waals surface area contributed by atoms with E-state index < -0.39 is 0 Å². The third-order valence-electron chi connectivity index (χ3n) is 3.73. The zero-order chi connectivity index (χ0) is 14.8. The third-order valence-corrected chi connectivity index (χ3v) is 4.05. The zero-order valence-electron chi connectivity index (χ0n) is 11.7. The molecular weight excluding hydrogens is 278 g/mol. The summed E-state index contributed by atoms with van der Waals surface area (Å²) in [7, 11) is 0. The Morgan fingerprint density at radius 3 is 2.71 bits per heavy atom. The van der Waals surface area contributed by atoms with Crippen LogP contribution in [0.15, 0.2) is 48.5 Å². The summed E-state index contributed by atoms with van der Waals surface area (Å²) in [5.41, 5.74) is 3.89. The van der Waals surface area contributed by atoms with Crippen LogP contribution in [0.3, 0.4) is 0 Å². The summed E-state index contributed by atoms with van der Waals surface area (Å²) in [6, 6.07) is 18.2. The first-order valence-corrected chi connectivity index (χ1v) is 7.27. The molecule has 0 fully saturated rings. The quantitative estimate of drug-likeness (QED) is 0.729. The number of aromatic amines is 1. The van der Waals surface area contributed by atoms with E-state index in [4.69, 9.17) is 17.5 Å². The molecule has 1 N–H and O–H groups in total. The predicted molar refractivity (Wildman–Crippen MR) is 86.7 cm³/mol. The van der Waals surface area contributed by atoms with E-state index in [9.17, 15) is 0 Å². The number of benzene rings is 2. The van der Waals surface area contributed by atoms with E-state index in [1.807, 2.05) is 30.3 Å². The lowest BCUT2D eigenvalue weighted by Crippen LogP contribution is -2.06. The van der Waals surface area contributed by atoms with Gasteiger partial charge in [0.05, 0.1) is 22.7 Å². The van der Waals surface area contributed by atoms with Crippen LogP contribution in [0, 0.1) is 16.1 Å². The van der Waals surface area contributed by atoms with Crippen molar-refractivity contribution in [2.75, 3.05) is 0 Å². The van der Waals surface area contributed by atoms with Gasteiger partial charge in [0, 0.05) is 6.54 Å². The van der Waals surface area contributed by atoms with E-state index >= 15 is 0 Å². The molecule has 1 aromatic heterocycles. The molecule has 4 heteroatoms. The van der Waals surface area contributed by atoms with Crippen molar-refractivity contribution in [2.24, 2.45) is 0 Å². The standard InChI is InChI=1S/C17H15N3S/c1-12(14-5-3-2-4-6-14)11-20-16-9-13(10-18)7-8-15(16)19-17(20)21/h2-9,12H,11H2,1H3,(H,19,21). The molecule has 2 aromatic carbocycles. The molecule has 3 nitrogen and oxygen atoms in total. The van der Waals surface area contributed by atoms with Crippen LogP contribution in [0.1, 0.15) is 24.0 Å². The largest absolute Gasteiger partial charge is 0.331 e. The minimum absolute atomic E-state index is 0.350. The minimum atomic E-state index is 0.350. The first-order valence-electron chi connectivity index (χ1n) is 6.86. The second-order valence-corrected chi connectivity index (χ2v) is 5.58. The maximum Gasteiger partial charge on any atom is 0.178 e. The number of nitriles is 1. The zero-order valence-corrected chi connectivity index (χ0v) is 12.5. The molecule has 0 spiro atoms. The molecule has 0 saturated heterocycles. The van der Waals surface area contributed by atoms with E-state index in [0.717, 1.165) is 17.6 Å². The van der Waals surface area contributed by atoms with Crippen molar-refractivity contribution in [1.29, 1.82) is 5.26 Å². The Hall–Kier alpha value is -2.38. The van der Waals surface area contributed by atoms with Crippen molar-refractivity contribution in [3.8, 4) is 6.07 Å². The molecule has 0 aliphatic rings. The summed E-state index contributed by atoms with van der Waals surface area (Å²) in [6.07, 6.45) is 0. The number of nitrogens with one attached hydrogen (secondary N) is 1. The Kier molecular flexibility index (Phi) is 3.59. The number of rotatable bonds is 3. The van der Waals surface area contributed by atoms with Gasteiger partial charge in [0.1, 0.15) is 0 Å². The summed E-state index contributed by atoms with van der Waals surface area (Å²) < 4.78 is 2.77. The van der Waals surface area contributed by atoms with Crippen molar-refractivity contribution in [3.63, 3.8) is 0 Å². The maximum atomic E-state index is 9.06. The molecule has 1 atom stereocenters. The molecule has 3 aromatic rings. The van der Waals surface area contributed by atoms with Gasteiger partial charge in [0.25, 0.3) is 0 Å². The summed E-state index contributed by atoms with van der Waals surface area (Å²) >= 11 is 5.43. The van der Waals surface area contributed by atoms with Gasteiger partial charge in [-0.05, 0) is 41.9 Å². The number of imidazole rings is 1. The van der Waals surface area contributed by atoms with E-state index in [-0.39, 0.29) is 0 Å². The lowest BCUT2D eigenvalue weighted by molar-refractivity contribution is 0.605. The molecule has 1 unspecified atom stereocenters. The topological polar surface area (TPSA) is 44.5 Å². The average molecular weight is 293 g/mol. The fraction of sp³-hybridized carbons (Fsp3) is 0.176. The molecule has 0 bridgehead atoms. The summed E-state index contributed by atoms with van der Waals surface area (Å²) in [4.78, 5) is 3.20. The number of hydrogen-bond donors (Lipinski definition) is 1. The van der Waals surface area contributed by atoms with Gasteiger partial charge in [0.15, 0.2) is 4.77 Å². The summed E-state index contributed by atoms with van der Waals surface area (Å²) in [5, 5.41) is 9.06. The highest BCUT2D eigenvalue weighted by Gasteiger charge is 2.10. The second-order valence-electron chi connectivity index (χ2n) is 5.20. The van der Waals surface area contributed by atoms with E-state index in [2.05, 4.69) is 34.7 Å². The summed E-state index contributed by atoms with van der Waals surface area (Å²) in [6.45, 7) is 2.97. The molecule has 0 amide bonds. The first kappa shape index (κ1) is 13.6. The Labute approximate surface area is 128 Å². The fourth-order valence-electron chi connectivity index (χ4n) is 2.56. The van der Waals surface area contributed by atoms with Crippen LogP contribution in [-0.2, 0) is 6.54 Å². The van der Waals surface area contributed by atoms with Crippen molar-refractivity contribution in [3.05, 3.63) is 64.4 Å². The Morgan fingerprint density at radius 2 is 2.00 bits per heavy atom. The molecule has 0 aliphatic carbocycles. The van der Waals surface area contributed by atoms with Gasteiger partial charge in [-0.2, -0.15) is 5.26 Å². The van der Waals surface area contributed by atoms with Crippen molar-refractivity contribution in [1.82, 2.24) is 9.55 Å². The van der Waals surface area contributed by atoms with Crippen LogP contribution in [0.25, 0.3) is 11.0 Å². The fourth-order valence-corrected chi connectivity index (χ4v) is 2.85. The van der Waals surface area contributed by atoms with Gasteiger partial charge >= 0.3 is 0 Å². The Bertz CT molecular complexity index is 868. The van der Waals surface area contributed by atoms with Gasteiger partial charge in [-0.3, -0.25) is 0 Å². The third kappa shape index (κ3) is 2.61. The summed E-state index contributed by atoms with van der Waals surface area (Å²) in [5.74, 6) is 0.350. The molecule has 0 radical (unpaired) electrons. The molecule has 0 saturated carbocycles. The van der Waals surface area contributed by atoms with Gasteiger partial charge in [-0.1, -0.05) is 37.3 Å². The van der Waals surface area contributed by atoms with Crippen LogP contribution in [-0.4, -0.2) is 9.55 Å². The predicted octanol–water partition coefficient (Wildman–Crippen LogP) is 4.37. The van der Waals surface area contributed by atoms with Gasteiger partial charge in [-0.25, -0.2) is 0 Å². The molecule has 3 rings (SSSR count). The van der Waals surface area contributed by atoms with Crippen molar-refractivity contribution >= 4 is 23.3 Å². The SMILES string of the molecule is CC(Cn1c(=S)[nH]c2ccc(C#N)cc21)c1ccccc1. The normalized spacial score (nSPS) is 12.2. The average Bonchev–Trinajstić information content (AvgIpc) is 2.83. The van der Waals surface area contributed by atoms with E-state index in [0.29, 0.717) is 16.3 Å². The number of aromatic nitrogens is 2. The van der Waals surface area contributed by atoms with Crippen LogP contribution >= 0.6 is 12.2 Å². The highest BCUT2D eigenvalue weighted by Crippen LogP contribution is 2.22. The molecule has 104 valence electrons. The lowest BCUT2D eigenvalue weighted by Gasteiger charge is -2.13. The Balaban J connectivity index is 2.02. The number of H-pyrrole nitrogens is 1. The first-order chi connectivity index (χ1) is 10.2. The smallest absolute Gasteiger partial charge is 0.178 e. The van der Waals surface area contributed by atoms with Gasteiger partial charge in [0.2, 0.25) is 0 Å². The van der Waals surface area contributed by atoms with Crippen LogP contribution in [0.4, 0.5) is 0 Å². The van der Waals surface area contributed by atoms with Crippen LogP contribution in [0.5, 0.6) is 0 Å². The molecule has 0 aliphatic heterocycles. The highest BCUT2D eigenvalue weighted by molar-refractivity contribution is 7.71. The van der Waals surface area contributed by atoms with Crippen LogP contribution < -0.4 is 0 Å². The van der Waals surface area contributed by atoms with E-state index in [1.54, 1.807) is 6.07 Å².